The van der Waals surface area contributed by atoms with E-state index in [1.165, 1.54) is 0 Å². The van der Waals surface area contributed by atoms with Crippen LogP contribution >= 0.6 is 27.5 Å². The van der Waals surface area contributed by atoms with E-state index < -0.39 is 0 Å². The summed E-state index contributed by atoms with van der Waals surface area (Å²) in [5, 5.41) is 2.96. The second kappa shape index (κ2) is 7.64. The molecule has 1 unspecified atom stereocenters. The van der Waals surface area contributed by atoms with E-state index in [1.807, 2.05) is 6.92 Å². The molecule has 1 rings (SSSR count). The Bertz CT molecular complexity index is 412. The van der Waals surface area contributed by atoms with Crippen LogP contribution in [0, 0.1) is 0 Å². The van der Waals surface area contributed by atoms with Crippen molar-refractivity contribution in [1.82, 2.24) is 5.32 Å². The maximum atomic E-state index is 11.9. The highest BCUT2D eigenvalue weighted by Gasteiger charge is 2.09. The van der Waals surface area contributed by atoms with Gasteiger partial charge in [0.25, 0.3) is 5.91 Å². The molecule has 18 heavy (non-hydrogen) atoms. The average molecular weight is 335 g/mol. The van der Waals surface area contributed by atoms with Gasteiger partial charge in [-0.3, -0.25) is 4.79 Å². The van der Waals surface area contributed by atoms with E-state index in [2.05, 4.69) is 21.2 Å². The minimum atomic E-state index is -0.0988. The van der Waals surface area contributed by atoms with Crippen molar-refractivity contribution >= 4 is 33.4 Å². The average Bonchev–Trinajstić information content (AvgIpc) is 2.38. The number of methoxy groups -OCH3 is 1. The Morgan fingerprint density at radius 2 is 2.28 bits per heavy atom. The summed E-state index contributed by atoms with van der Waals surface area (Å²) in [6.45, 7) is 2.62. The summed E-state index contributed by atoms with van der Waals surface area (Å²) in [6, 6.07) is 5.23. The van der Waals surface area contributed by atoms with E-state index in [-0.39, 0.29) is 11.3 Å². The van der Waals surface area contributed by atoms with Crippen LogP contribution in [0.2, 0.25) is 0 Å². The van der Waals surface area contributed by atoms with Crippen LogP contribution in [0.15, 0.2) is 22.7 Å². The quantitative estimate of drug-likeness (QED) is 0.807. The van der Waals surface area contributed by atoms with Gasteiger partial charge in [0, 0.05) is 17.5 Å². The number of amides is 1. The Kier molecular flexibility index (Phi) is 6.50. The molecule has 0 aliphatic heterocycles. The number of rotatable bonds is 6. The van der Waals surface area contributed by atoms with Gasteiger partial charge in [-0.1, -0.05) is 6.92 Å². The smallest absolute Gasteiger partial charge is 0.251 e. The summed E-state index contributed by atoms with van der Waals surface area (Å²) in [5.41, 5.74) is 0.602. The topological polar surface area (TPSA) is 38.3 Å². The lowest BCUT2D eigenvalue weighted by Gasteiger charge is -2.09. The minimum absolute atomic E-state index is 0.0988. The molecule has 100 valence electrons. The molecule has 0 radical (unpaired) electrons. The SMILES string of the molecule is CCC(Cl)CCNC(=O)c1ccc(OC)c(Br)c1. The summed E-state index contributed by atoms with van der Waals surface area (Å²) in [5.74, 6) is 0.608. The van der Waals surface area contributed by atoms with Gasteiger partial charge in [-0.25, -0.2) is 0 Å². The molecule has 0 spiro atoms. The molecule has 3 nitrogen and oxygen atoms in total. The first-order chi connectivity index (χ1) is 8.58. The number of carbonyl (C=O) groups excluding carboxylic acids is 1. The zero-order chi connectivity index (χ0) is 13.5. The molecular weight excluding hydrogens is 318 g/mol. The summed E-state index contributed by atoms with van der Waals surface area (Å²) in [7, 11) is 1.59. The molecule has 0 heterocycles. The van der Waals surface area contributed by atoms with Gasteiger partial charge in [0.15, 0.2) is 0 Å². The van der Waals surface area contributed by atoms with Gasteiger partial charge < -0.3 is 10.1 Å². The fourth-order valence-corrected chi connectivity index (χ4v) is 2.11. The third-order valence-electron chi connectivity index (χ3n) is 2.60. The maximum Gasteiger partial charge on any atom is 0.251 e. The van der Waals surface area contributed by atoms with E-state index in [0.717, 1.165) is 17.3 Å². The highest BCUT2D eigenvalue weighted by molar-refractivity contribution is 9.10. The molecule has 1 atom stereocenters. The van der Waals surface area contributed by atoms with Gasteiger partial charge in [-0.15, -0.1) is 11.6 Å². The molecule has 0 saturated heterocycles. The molecule has 0 bridgehead atoms. The second-order valence-corrected chi connectivity index (χ2v) is 5.37. The van der Waals surface area contributed by atoms with Crippen molar-refractivity contribution in [3.8, 4) is 5.75 Å². The molecule has 1 aromatic carbocycles. The van der Waals surface area contributed by atoms with Crippen molar-refractivity contribution in [2.45, 2.75) is 25.1 Å². The van der Waals surface area contributed by atoms with Crippen molar-refractivity contribution < 1.29 is 9.53 Å². The van der Waals surface area contributed by atoms with Crippen LogP contribution in [0.5, 0.6) is 5.75 Å². The van der Waals surface area contributed by atoms with E-state index in [4.69, 9.17) is 16.3 Å². The van der Waals surface area contributed by atoms with Crippen LogP contribution in [-0.4, -0.2) is 24.9 Å². The molecule has 1 N–H and O–H groups in total. The predicted octanol–water partition coefficient (Wildman–Crippen LogP) is 3.60. The first kappa shape index (κ1) is 15.3. The molecule has 1 amide bonds. The first-order valence-electron chi connectivity index (χ1n) is 5.84. The zero-order valence-electron chi connectivity index (χ0n) is 10.5. The number of benzene rings is 1. The van der Waals surface area contributed by atoms with Crippen molar-refractivity contribution in [2.24, 2.45) is 0 Å². The second-order valence-electron chi connectivity index (χ2n) is 3.90. The van der Waals surface area contributed by atoms with Crippen LogP contribution in [0.3, 0.4) is 0 Å². The molecule has 0 aliphatic rings. The molecule has 0 saturated carbocycles. The first-order valence-corrected chi connectivity index (χ1v) is 7.07. The Hall–Kier alpha value is -0.740. The molecular formula is C13H17BrClNO2. The van der Waals surface area contributed by atoms with Crippen LogP contribution in [0.4, 0.5) is 0 Å². The van der Waals surface area contributed by atoms with Gasteiger partial charge in [0.2, 0.25) is 0 Å². The van der Waals surface area contributed by atoms with Crippen LogP contribution in [0.25, 0.3) is 0 Å². The molecule has 0 aliphatic carbocycles. The van der Waals surface area contributed by atoms with Crippen molar-refractivity contribution in [1.29, 1.82) is 0 Å². The Morgan fingerprint density at radius 3 is 2.83 bits per heavy atom. The Morgan fingerprint density at radius 1 is 1.56 bits per heavy atom. The minimum Gasteiger partial charge on any atom is -0.496 e. The van der Waals surface area contributed by atoms with Crippen molar-refractivity contribution in [2.75, 3.05) is 13.7 Å². The summed E-state index contributed by atoms with van der Waals surface area (Å²) < 4.78 is 5.88. The molecule has 0 fully saturated rings. The van der Waals surface area contributed by atoms with E-state index >= 15 is 0 Å². The van der Waals surface area contributed by atoms with Crippen molar-refractivity contribution in [3.05, 3.63) is 28.2 Å². The highest BCUT2D eigenvalue weighted by atomic mass is 79.9. The number of alkyl halides is 1. The molecule has 0 aromatic heterocycles. The largest absolute Gasteiger partial charge is 0.496 e. The van der Waals surface area contributed by atoms with E-state index in [1.54, 1.807) is 25.3 Å². The summed E-state index contributed by atoms with van der Waals surface area (Å²) in [6.07, 6.45) is 1.69. The summed E-state index contributed by atoms with van der Waals surface area (Å²) >= 11 is 9.34. The third-order valence-corrected chi connectivity index (χ3v) is 3.75. The number of hydrogen-bond acceptors (Lipinski definition) is 2. The number of carbonyl (C=O) groups is 1. The van der Waals surface area contributed by atoms with Crippen molar-refractivity contribution in [3.63, 3.8) is 0 Å². The van der Waals surface area contributed by atoms with E-state index in [0.29, 0.717) is 17.9 Å². The lowest BCUT2D eigenvalue weighted by Crippen LogP contribution is -2.26. The van der Waals surface area contributed by atoms with Gasteiger partial charge in [-0.05, 0) is 47.0 Å². The fourth-order valence-electron chi connectivity index (χ4n) is 1.46. The third kappa shape index (κ3) is 4.50. The monoisotopic (exact) mass is 333 g/mol. The number of hydrogen-bond donors (Lipinski definition) is 1. The standard InChI is InChI=1S/C13H17BrClNO2/c1-3-10(15)6-7-16-13(17)9-4-5-12(18-2)11(14)8-9/h4-5,8,10H,3,6-7H2,1-2H3,(H,16,17). The number of ether oxygens (including phenoxy) is 1. The molecule has 1 aromatic rings. The van der Waals surface area contributed by atoms with Crippen LogP contribution in [-0.2, 0) is 0 Å². The molecule has 5 heteroatoms. The van der Waals surface area contributed by atoms with Gasteiger partial charge in [-0.2, -0.15) is 0 Å². The number of nitrogens with one attached hydrogen (secondary N) is 1. The Balaban J connectivity index is 2.54. The van der Waals surface area contributed by atoms with Gasteiger partial charge in [0.1, 0.15) is 5.75 Å². The lowest BCUT2D eigenvalue weighted by molar-refractivity contribution is 0.0953. The lowest BCUT2D eigenvalue weighted by atomic mass is 10.2. The number of halogens is 2. The van der Waals surface area contributed by atoms with Gasteiger partial charge >= 0.3 is 0 Å². The van der Waals surface area contributed by atoms with E-state index in [9.17, 15) is 4.79 Å². The van der Waals surface area contributed by atoms with Crippen LogP contribution in [0.1, 0.15) is 30.1 Å². The van der Waals surface area contributed by atoms with Gasteiger partial charge in [0.05, 0.1) is 11.6 Å². The maximum absolute atomic E-state index is 11.9. The highest BCUT2D eigenvalue weighted by Crippen LogP contribution is 2.25. The summed E-state index contributed by atoms with van der Waals surface area (Å²) in [4.78, 5) is 11.9. The zero-order valence-corrected chi connectivity index (χ0v) is 12.8. The fraction of sp³-hybridized carbons (Fsp3) is 0.462. The Labute approximate surface area is 121 Å². The predicted molar refractivity (Wildman–Crippen MR) is 77.6 cm³/mol. The normalized spacial score (nSPS) is 12.0. The van der Waals surface area contributed by atoms with Crippen LogP contribution < -0.4 is 10.1 Å².